The van der Waals surface area contributed by atoms with Crippen molar-refractivity contribution in [1.82, 2.24) is 4.98 Å². The van der Waals surface area contributed by atoms with Gasteiger partial charge in [0.05, 0.1) is 12.0 Å². The number of alkyl halides is 3. The number of aromatic amines is 1. The quantitative estimate of drug-likeness (QED) is 0.366. The molecule has 158 valence electrons. The van der Waals surface area contributed by atoms with Gasteiger partial charge in [-0.05, 0) is 59.7 Å². The molecule has 0 aliphatic carbocycles. The minimum absolute atomic E-state index is 0.198. The Hall–Kier alpha value is -3.68. The maximum atomic E-state index is 13.3. The molecule has 8 heteroatoms. The molecule has 4 aromatic rings. The van der Waals surface area contributed by atoms with E-state index in [0.717, 1.165) is 41.2 Å². The first-order chi connectivity index (χ1) is 14.7. The minimum Gasteiger partial charge on any atom is -0.355 e. The van der Waals surface area contributed by atoms with Crippen LogP contribution >= 0.6 is 0 Å². The summed E-state index contributed by atoms with van der Waals surface area (Å²) in [6.07, 6.45) is -4.60. The summed E-state index contributed by atoms with van der Waals surface area (Å²) in [7, 11) is 0. The van der Waals surface area contributed by atoms with Crippen LogP contribution < -0.4 is 5.32 Å². The second-order valence-corrected chi connectivity index (χ2v) is 7.06. The van der Waals surface area contributed by atoms with Crippen LogP contribution in [-0.2, 0) is 17.4 Å². The van der Waals surface area contributed by atoms with E-state index in [1.807, 2.05) is 0 Å². The number of aromatic nitrogens is 1. The third-order valence-corrected chi connectivity index (χ3v) is 4.71. The third-order valence-electron chi connectivity index (χ3n) is 4.71. The molecular weight excluding hydrogens is 415 g/mol. The SMILES string of the molecule is O=C(Cc1cc(F)cc(F)c1)Nc1ccc2[nH]c(-c3ccc(C(F)(F)F)cc3)cc2c1. The molecule has 0 aliphatic rings. The normalized spacial score (nSPS) is 11.6. The zero-order valence-electron chi connectivity index (χ0n) is 15.9. The van der Waals surface area contributed by atoms with E-state index >= 15 is 0 Å². The summed E-state index contributed by atoms with van der Waals surface area (Å²) in [5, 5.41) is 3.41. The fraction of sp³-hybridized carbons (Fsp3) is 0.0870. The topological polar surface area (TPSA) is 44.9 Å². The van der Waals surface area contributed by atoms with Crippen molar-refractivity contribution in [2.45, 2.75) is 12.6 Å². The predicted molar refractivity (Wildman–Crippen MR) is 107 cm³/mol. The highest BCUT2D eigenvalue weighted by Gasteiger charge is 2.30. The molecule has 2 N–H and O–H groups in total. The van der Waals surface area contributed by atoms with Gasteiger partial charge in [0.1, 0.15) is 11.6 Å². The molecule has 0 aliphatic heterocycles. The summed E-state index contributed by atoms with van der Waals surface area (Å²) in [6.45, 7) is 0. The van der Waals surface area contributed by atoms with Crippen molar-refractivity contribution in [3.05, 3.63) is 89.5 Å². The molecule has 0 saturated heterocycles. The van der Waals surface area contributed by atoms with Gasteiger partial charge in [0, 0.05) is 28.4 Å². The number of anilines is 1. The molecule has 3 nitrogen and oxygen atoms in total. The average molecular weight is 430 g/mol. The Morgan fingerprint density at radius 1 is 0.871 bits per heavy atom. The number of halogens is 5. The number of rotatable bonds is 4. The molecule has 0 unspecified atom stereocenters. The van der Waals surface area contributed by atoms with Crippen molar-refractivity contribution in [2.24, 2.45) is 0 Å². The van der Waals surface area contributed by atoms with Crippen molar-refractivity contribution >= 4 is 22.5 Å². The molecule has 0 saturated carbocycles. The number of carbonyl (C=O) groups is 1. The fourth-order valence-corrected chi connectivity index (χ4v) is 3.31. The van der Waals surface area contributed by atoms with Gasteiger partial charge in [0.15, 0.2) is 0 Å². The lowest BCUT2D eigenvalue weighted by Crippen LogP contribution is -2.14. The Balaban J connectivity index is 1.51. The summed E-state index contributed by atoms with van der Waals surface area (Å²) >= 11 is 0. The molecule has 0 bridgehead atoms. The number of benzene rings is 3. The van der Waals surface area contributed by atoms with E-state index in [0.29, 0.717) is 16.9 Å². The standard InChI is InChI=1S/C23H15F5N2O/c24-17-7-13(8-18(25)12-17)9-22(31)29-19-5-6-20-15(10-19)11-21(30-20)14-1-3-16(4-2-14)23(26,27)28/h1-8,10-12,30H,9H2,(H,29,31). The van der Waals surface area contributed by atoms with Gasteiger partial charge < -0.3 is 10.3 Å². The molecule has 3 aromatic carbocycles. The van der Waals surface area contributed by atoms with Crippen molar-refractivity contribution < 1.29 is 26.7 Å². The highest BCUT2D eigenvalue weighted by molar-refractivity contribution is 5.96. The van der Waals surface area contributed by atoms with Crippen molar-refractivity contribution in [3.8, 4) is 11.3 Å². The van der Waals surface area contributed by atoms with Gasteiger partial charge >= 0.3 is 6.18 Å². The van der Waals surface area contributed by atoms with Crippen LogP contribution in [0.2, 0.25) is 0 Å². The summed E-state index contributed by atoms with van der Waals surface area (Å²) in [4.78, 5) is 15.4. The summed E-state index contributed by atoms with van der Waals surface area (Å²) in [5.74, 6) is -1.96. The first-order valence-corrected chi connectivity index (χ1v) is 9.22. The highest BCUT2D eigenvalue weighted by Crippen LogP contribution is 2.32. The van der Waals surface area contributed by atoms with E-state index < -0.39 is 29.3 Å². The van der Waals surface area contributed by atoms with E-state index in [9.17, 15) is 26.7 Å². The maximum absolute atomic E-state index is 13.3. The van der Waals surface area contributed by atoms with Crippen LogP contribution in [0.15, 0.2) is 66.7 Å². The third kappa shape index (κ3) is 4.74. The summed E-state index contributed by atoms with van der Waals surface area (Å²) in [5.41, 5.74) is 1.91. The Morgan fingerprint density at radius 2 is 1.55 bits per heavy atom. The molecule has 1 aromatic heterocycles. The van der Waals surface area contributed by atoms with Gasteiger partial charge in [-0.15, -0.1) is 0 Å². The van der Waals surface area contributed by atoms with Crippen molar-refractivity contribution in [1.29, 1.82) is 0 Å². The molecular formula is C23H15F5N2O. The number of H-pyrrole nitrogens is 1. The monoisotopic (exact) mass is 430 g/mol. The number of hydrogen-bond acceptors (Lipinski definition) is 1. The number of carbonyl (C=O) groups excluding carboxylic acids is 1. The van der Waals surface area contributed by atoms with Crippen LogP contribution in [0.1, 0.15) is 11.1 Å². The second kappa shape index (κ2) is 7.86. The van der Waals surface area contributed by atoms with E-state index in [1.165, 1.54) is 12.1 Å². The van der Waals surface area contributed by atoms with E-state index in [1.54, 1.807) is 24.3 Å². The van der Waals surface area contributed by atoms with Crippen molar-refractivity contribution in [2.75, 3.05) is 5.32 Å². The van der Waals surface area contributed by atoms with Gasteiger partial charge in [0.2, 0.25) is 5.91 Å². The molecule has 0 radical (unpaired) electrons. The largest absolute Gasteiger partial charge is 0.416 e. The Labute approximate surface area is 173 Å². The molecule has 31 heavy (non-hydrogen) atoms. The highest BCUT2D eigenvalue weighted by atomic mass is 19.4. The first kappa shape index (κ1) is 20.6. The van der Waals surface area contributed by atoms with Crippen LogP contribution in [-0.4, -0.2) is 10.9 Å². The van der Waals surface area contributed by atoms with Gasteiger partial charge in [-0.1, -0.05) is 12.1 Å². The zero-order chi connectivity index (χ0) is 22.2. The van der Waals surface area contributed by atoms with Gasteiger partial charge in [-0.3, -0.25) is 4.79 Å². The lowest BCUT2D eigenvalue weighted by molar-refractivity contribution is -0.137. The van der Waals surface area contributed by atoms with Crippen LogP contribution in [0, 0.1) is 11.6 Å². The number of hydrogen-bond donors (Lipinski definition) is 2. The van der Waals surface area contributed by atoms with E-state index in [2.05, 4.69) is 10.3 Å². The molecule has 1 heterocycles. The minimum atomic E-state index is -4.40. The Bertz CT molecular complexity index is 1240. The molecule has 0 atom stereocenters. The first-order valence-electron chi connectivity index (χ1n) is 9.22. The Kier molecular flexibility index (Phi) is 5.22. The lowest BCUT2D eigenvalue weighted by Gasteiger charge is -2.06. The maximum Gasteiger partial charge on any atom is 0.416 e. The van der Waals surface area contributed by atoms with Gasteiger partial charge in [-0.2, -0.15) is 13.2 Å². The van der Waals surface area contributed by atoms with E-state index in [4.69, 9.17) is 0 Å². The fourth-order valence-electron chi connectivity index (χ4n) is 3.31. The number of fused-ring (bicyclic) bond motifs is 1. The van der Waals surface area contributed by atoms with Crippen LogP contribution in [0.3, 0.4) is 0 Å². The van der Waals surface area contributed by atoms with Crippen LogP contribution in [0.4, 0.5) is 27.6 Å². The summed E-state index contributed by atoms with van der Waals surface area (Å²) < 4.78 is 64.8. The molecule has 0 spiro atoms. The van der Waals surface area contributed by atoms with Crippen LogP contribution in [0.25, 0.3) is 22.2 Å². The average Bonchev–Trinajstić information content (AvgIpc) is 3.10. The summed E-state index contributed by atoms with van der Waals surface area (Å²) in [6, 6.07) is 14.5. The molecule has 4 rings (SSSR count). The zero-order valence-corrected chi connectivity index (χ0v) is 15.9. The lowest BCUT2D eigenvalue weighted by atomic mass is 10.1. The Morgan fingerprint density at radius 3 is 2.19 bits per heavy atom. The predicted octanol–water partition coefficient (Wildman–Crippen LogP) is 6.31. The van der Waals surface area contributed by atoms with Crippen molar-refractivity contribution in [3.63, 3.8) is 0 Å². The van der Waals surface area contributed by atoms with Crippen LogP contribution in [0.5, 0.6) is 0 Å². The van der Waals surface area contributed by atoms with Gasteiger partial charge in [-0.25, -0.2) is 8.78 Å². The molecule has 0 fully saturated rings. The number of amides is 1. The second-order valence-electron chi connectivity index (χ2n) is 7.06. The molecule has 1 amide bonds. The number of nitrogens with one attached hydrogen (secondary N) is 2. The smallest absolute Gasteiger partial charge is 0.355 e. The van der Waals surface area contributed by atoms with E-state index in [-0.39, 0.29) is 12.0 Å². The van der Waals surface area contributed by atoms with Gasteiger partial charge in [0.25, 0.3) is 0 Å².